The van der Waals surface area contributed by atoms with Gasteiger partial charge < -0.3 is 9.64 Å². The molecule has 0 radical (unpaired) electrons. The van der Waals surface area contributed by atoms with Crippen molar-refractivity contribution in [3.8, 4) is 17.0 Å². The summed E-state index contributed by atoms with van der Waals surface area (Å²) in [4.78, 5) is 19.5. The smallest absolute Gasteiger partial charge is 0.237 e. The van der Waals surface area contributed by atoms with Crippen LogP contribution >= 0.6 is 11.8 Å². The van der Waals surface area contributed by atoms with Gasteiger partial charge in [-0.25, -0.2) is 9.50 Å². The molecular formula is C25H24N4O2S. The second-order valence-electron chi connectivity index (χ2n) is 7.62. The van der Waals surface area contributed by atoms with Crippen LogP contribution in [0.15, 0.2) is 72.0 Å². The Kier molecular flexibility index (Phi) is 5.81. The van der Waals surface area contributed by atoms with Crippen molar-refractivity contribution >= 4 is 28.9 Å². The van der Waals surface area contributed by atoms with Crippen LogP contribution in [0.4, 0.5) is 5.69 Å². The predicted octanol–water partition coefficient (Wildman–Crippen LogP) is 4.87. The third kappa shape index (κ3) is 4.08. The van der Waals surface area contributed by atoms with Gasteiger partial charge in [0.2, 0.25) is 5.91 Å². The minimum Gasteiger partial charge on any atom is -0.494 e. The maximum atomic E-state index is 13.0. The molecule has 0 fully saturated rings. The molecule has 0 bridgehead atoms. The molecule has 0 spiro atoms. The highest BCUT2D eigenvalue weighted by Gasteiger charge is 2.22. The van der Waals surface area contributed by atoms with E-state index in [9.17, 15) is 4.79 Å². The van der Waals surface area contributed by atoms with Crippen LogP contribution in [0.2, 0.25) is 0 Å². The number of carbonyl (C=O) groups is 1. The second kappa shape index (κ2) is 9.04. The normalized spacial score (nSPS) is 13.2. The lowest BCUT2D eigenvalue weighted by Crippen LogP contribution is -2.36. The van der Waals surface area contributed by atoms with Gasteiger partial charge in [0, 0.05) is 30.2 Å². The number of rotatable bonds is 6. The number of amides is 1. The molecule has 1 aliphatic heterocycles. The van der Waals surface area contributed by atoms with E-state index < -0.39 is 0 Å². The zero-order valence-electron chi connectivity index (χ0n) is 17.9. The molecule has 5 rings (SSSR count). The first-order valence-electron chi connectivity index (χ1n) is 10.8. The summed E-state index contributed by atoms with van der Waals surface area (Å²) in [5.74, 6) is 1.29. The first-order valence-corrected chi connectivity index (χ1v) is 11.8. The molecule has 0 unspecified atom stereocenters. The molecule has 32 heavy (non-hydrogen) atoms. The number of benzene rings is 2. The zero-order chi connectivity index (χ0) is 21.9. The SMILES string of the molecule is CCOc1ccc(-c2cc3c(SCC(=O)N4CCCc5ccccc54)nccn3n2)cc1. The van der Waals surface area contributed by atoms with Gasteiger partial charge >= 0.3 is 0 Å². The van der Waals surface area contributed by atoms with Gasteiger partial charge in [-0.1, -0.05) is 30.0 Å². The number of aromatic nitrogens is 3. The van der Waals surface area contributed by atoms with Crippen molar-refractivity contribution in [1.29, 1.82) is 0 Å². The van der Waals surface area contributed by atoms with E-state index in [0.717, 1.165) is 52.6 Å². The summed E-state index contributed by atoms with van der Waals surface area (Å²) in [5, 5.41) is 5.49. The molecule has 0 N–H and O–H groups in total. The van der Waals surface area contributed by atoms with Crippen molar-refractivity contribution in [2.45, 2.75) is 24.8 Å². The Morgan fingerprint density at radius 2 is 2.00 bits per heavy atom. The number of ether oxygens (including phenoxy) is 1. The lowest BCUT2D eigenvalue weighted by molar-refractivity contribution is -0.116. The Labute approximate surface area is 191 Å². The Balaban J connectivity index is 1.34. The van der Waals surface area contributed by atoms with E-state index in [4.69, 9.17) is 9.84 Å². The fourth-order valence-corrected chi connectivity index (χ4v) is 4.89. The molecule has 7 heteroatoms. The Hall–Kier alpha value is -3.32. The van der Waals surface area contributed by atoms with E-state index in [1.165, 1.54) is 17.3 Å². The highest BCUT2D eigenvalue weighted by Crippen LogP contribution is 2.30. The van der Waals surface area contributed by atoms with Gasteiger partial charge in [0.15, 0.2) is 0 Å². The molecule has 0 aliphatic carbocycles. The molecule has 0 atom stereocenters. The number of hydrogen-bond donors (Lipinski definition) is 0. The summed E-state index contributed by atoms with van der Waals surface area (Å²) in [6, 6.07) is 18.1. The summed E-state index contributed by atoms with van der Waals surface area (Å²) in [7, 11) is 0. The number of carbonyl (C=O) groups excluding carboxylic acids is 1. The van der Waals surface area contributed by atoms with Crippen molar-refractivity contribution in [1.82, 2.24) is 14.6 Å². The first kappa shape index (κ1) is 20.6. The molecule has 0 saturated carbocycles. The van der Waals surface area contributed by atoms with E-state index in [2.05, 4.69) is 11.1 Å². The largest absolute Gasteiger partial charge is 0.494 e. The number of hydrogen-bond acceptors (Lipinski definition) is 5. The number of thioether (sulfide) groups is 1. The molecule has 4 aromatic rings. The van der Waals surface area contributed by atoms with Crippen LogP contribution < -0.4 is 9.64 Å². The minimum atomic E-state index is 0.109. The Morgan fingerprint density at radius 1 is 1.16 bits per heavy atom. The van der Waals surface area contributed by atoms with Gasteiger partial charge in [0.1, 0.15) is 10.8 Å². The second-order valence-corrected chi connectivity index (χ2v) is 8.58. The van der Waals surface area contributed by atoms with Crippen LogP contribution in [-0.2, 0) is 11.2 Å². The lowest BCUT2D eigenvalue weighted by Gasteiger charge is -2.29. The van der Waals surface area contributed by atoms with Gasteiger partial charge in [0.05, 0.1) is 23.6 Å². The van der Waals surface area contributed by atoms with Crippen molar-refractivity contribution in [2.75, 3.05) is 23.8 Å². The monoisotopic (exact) mass is 444 g/mol. The number of fused-ring (bicyclic) bond motifs is 2. The van der Waals surface area contributed by atoms with Crippen molar-refractivity contribution in [2.24, 2.45) is 0 Å². The van der Waals surface area contributed by atoms with Gasteiger partial charge in [-0.15, -0.1) is 0 Å². The average Bonchev–Trinajstić information content (AvgIpc) is 3.28. The molecule has 162 valence electrons. The zero-order valence-corrected chi connectivity index (χ0v) is 18.7. The number of nitrogens with zero attached hydrogens (tertiary/aromatic N) is 4. The van der Waals surface area contributed by atoms with E-state index in [1.807, 2.05) is 71.1 Å². The topological polar surface area (TPSA) is 59.7 Å². The predicted molar refractivity (Wildman–Crippen MR) is 127 cm³/mol. The van der Waals surface area contributed by atoms with Gasteiger partial charge in [0.25, 0.3) is 0 Å². The molecular weight excluding hydrogens is 420 g/mol. The Bertz CT molecular complexity index is 1250. The first-order chi connectivity index (χ1) is 15.7. The quantitative estimate of drug-likeness (QED) is 0.397. The average molecular weight is 445 g/mol. The highest BCUT2D eigenvalue weighted by atomic mass is 32.2. The van der Waals surface area contributed by atoms with Crippen LogP contribution in [0, 0.1) is 0 Å². The molecule has 3 heterocycles. The van der Waals surface area contributed by atoms with Crippen LogP contribution in [0.1, 0.15) is 18.9 Å². The maximum absolute atomic E-state index is 13.0. The summed E-state index contributed by atoms with van der Waals surface area (Å²) >= 11 is 1.46. The Morgan fingerprint density at radius 3 is 2.84 bits per heavy atom. The summed E-state index contributed by atoms with van der Waals surface area (Å²) < 4.78 is 7.35. The number of aryl methyl sites for hydroxylation is 1. The third-order valence-corrected chi connectivity index (χ3v) is 6.54. The van der Waals surface area contributed by atoms with Crippen LogP contribution in [0.3, 0.4) is 0 Å². The molecule has 1 amide bonds. The maximum Gasteiger partial charge on any atom is 0.237 e. The van der Waals surface area contributed by atoms with Crippen LogP contribution in [0.5, 0.6) is 5.75 Å². The summed E-state index contributed by atoms with van der Waals surface area (Å²) in [6.07, 6.45) is 5.58. The summed E-state index contributed by atoms with van der Waals surface area (Å²) in [6.45, 7) is 3.38. The molecule has 0 saturated heterocycles. The van der Waals surface area contributed by atoms with Crippen molar-refractivity contribution in [3.05, 3.63) is 72.6 Å². The highest BCUT2D eigenvalue weighted by molar-refractivity contribution is 8.00. The van der Waals surface area contributed by atoms with Gasteiger partial charge in [-0.3, -0.25) is 4.79 Å². The summed E-state index contributed by atoms with van der Waals surface area (Å²) in [5.41, 5.74) is 5.05. The van der Waals surface area contributed by atoms with Gasteiger partial charge in [-0.2, -0.15) is 5.10 Å². The van der Waals surface area contributed by atoms with E-state index in [0.29, 0.717) is 12.4 Å². The minimum absolute atomic E-state index is 0.109. The van der Waals surface area contributed by atoms with Crippen molar-refractivity contribution < 1.29 is 9.53 Å². The van der Waals surface area contributed by atoms with Crippen molar-refractivity contribution in [3.63, 3.8) is 0 Å². The number of anilines is 1. The molecule has 2 aromatic carbocycles. The van der Waals surface area contributed by atoms with E-state index in [1.54, 1.807) is 6.20 Å². The standard InChI is InChI=1S/C25H24N4O2S/c1-2-31-20-11-9-18(10-12-20)21-16-23-25(26-13-15-29(23)27-21)32-17-24(30)28-14-5-7-19-6-3-4-8-22(19)28/h3-4,6,8-13,15-16H,2,5,7,14,17H2,1H3. The fraction of sp³-hybridized carbons (Fsp3) is 0.240. The van der Waals surface area contributed by atoms with Gasteiger partial charge in [-0.05, 0) is 61.7 Å². The third-order valence-electron chi connectivity index (χ3n) is 5.56. The molecule has 1 aliphatic rings. The van der Waals surface area contributed by atoms with Crippen LogP contribution in [-0.4, -0.2) is 39.4 Å². The van der Waals surface area contributed by atoms with E-state index >= 15 is 0 Å². The lowest BCUT2D eigenvalue weighted by atomic mass is 10.0. The number of para-hydroxylation sites is 1. The van der Waals surface area contributed by atoms with E-state index in [-0.39, 0.29) is 5.91 Å². The fourth-order valence-electron chi connectivity index (χ4n) is 4.04. The molecule has 2 aromatic heterocycles. The molecule has 6 nitrogen and oxygen atoms in total. The van der Waals surface area contributed by atoms with Crippen LogP contribution in [0.25, 0.3) is 16.8 Å².